The summed E-state index contributed by atoms with van der Waals surface area (Å²) in [4.78, 5) is 12.3. The zero-order valence-electron chi connectivity index (χ0n) is 14.6. The first-order chi connectivity index (χ1) is 12.8. The molecule has 0 fully saturated rings. The molecule has 1 aliphatic rings. The topological polar surface area (TPSA) is 84.9 Å². The molecule has 0 bridgehead atoms. The molecular weight excluding hydrogens is 392 g/mol. The summed E-state index contributed by atoms with van der Waals surface area (Å²) >= 11 is 5.93. The van der Waals surface area contributed by atoms with Crippen molar-refractivity contribution >= 4 is 33.2 Å². The molecule has 0 aliphatic carbocycles. The lowest BCUT2D eigenvalue weighted by Crippen LogP contribution is -2.45. The van der Waals surface area contributed by atoms with E-state index in [1.54, 1.807) is 30.3 Å². The third-order valence-corrected chi connectivity index (χ3v) is 5.25. The molecule has 1 atom stereocenters. The van der Waals surface area contributed by atoms with Crippen LogP contribution in [0.3, 0.4) is 0 Å². The highest BCUT2D eigenvalue weighted by Crippen LogP contribution is 2.30. The molecule has 2 aromatic carbocycles. The van der Waals surface area contributed by atoms with E-state index in [2.05, 4.69) is 5.32 Å². The van der Waals surface area contributed by atoms with Crippen LogP contribution in [0.4, 0.5) is 5.69 Å². The van der Waals surface area contributed by atoms with Crippen LogP contribution >= 0.6 is 11.6 Å². The first-order valence-corrected chi connectivity index (χ1v) is 10.4. The third kappa shape index (κ3) is 5.05. The predicted molar refractivity (Wildman–Crippen MR) is 103 cm³/mol. The minimum atomic E-state index is -3.66. The van der Waals surface area contributed by atoms with Gasteiger partial charge < -0.3 is 14.8 Å². The van der Waals surface area contributed by atoms with E-state index in [-0.39, 0.29) is 19.2 Å². The normalized spacial score (nSPS) is 15.9. The van der Waals surface area contributed by atoms with Crippen LogP contribution < -0.4 is 19.1 Å². The smallest absolute Gasteiger partial charge is 0.240 e. The fraction of sp³-hybridized carbons (Fsp3) is 0.278. The van der Waals surface area contributed by atoms with Gasteiger partial charge in [-0.2, -0.15) is 0 Å². The number of ether oxygens (including phenoxy) is 2. The maximum absolute atomic E-state index is 12.3. The van der Waals surface area contributed by atoms with Gasteiger partial charge in [-0.1, -0.05) is 29.8 Å². The number of hydrogen-bond acceptors (Lipinski definition) is 5. The number of carbonyl (C=O) groups excluding carboxylic acids is 1. The summed E-state index contributed by atoms with van der Waals surface area (Å²) in [5.74, 6) is 0.812. The van der Waals surface area contributed by atoms with Crippen LogP contribution in [0.15, 0.2) is 48.5 Å². The minimum absolute atomic E-state index is 0.195. The molecule has 0 spiro atoms. The van der Waals surface area contributed by atoms with Crippen LogP contribution in [0, 0.1) is 0 Å². The van der Waals surface area contributed by atoms with Crippen molar-refractivity contribution in [2.45, 2.75) is 6.10 Å². The summed E-state index contributed by atoms with van der Waals surface area (Å²) in [5, 5.41) is 3.07. The van der Waals surface area contributed by atoms with Gasteiger partial charge in [0, 0.05) is 5.02 Å². The monoisotopic (exact) mass is 410 g/mol. The van der Waals surface area contributed by atoms with Gasteiger partial charge in [-0.05, 0) is 30.3 Å². The molecule has 0 saturated carbocycles. The van der Waals surface area contributed by atoms with Gasteiger partial charge in [-0.15, -0.1) is 0 Å². The van der Waals surface area contributed by atoms with E-state index in [0.29, 0.717) is 28.8 Å². The molecule has 27 heavy (non-hydrogen) atoms. The molecule has 7 nitrogen and oxygen atoms in total. The zero-order valence-corrected chi connectivity index (χ0v) is 16.2. The number of benzene rings is 2. The number of sulfonamides is 1. The maximum Gasteiger partial charge on any atom is 0.240 e. The van der Waals surface area contributed by atoms with Crippen LogP contribution in [0.5, 0.6) is 11.5 Å². The van der Waals surface area contributed by atoms with E-state index >= 15 is 0 Å². The number of carbonyl (C=O) groups is 1. The molecule has 144 valence electrons. The standard InChI is InChI=1S/C18H19ClN2O5S/c1-27(23,24)21(14-6-4-5-13(19)9-14)11-18(22)20-10-15-12-25-16-7-2-3-8-17(16)26-15/h2-9,15H,10-12H2,1H3,(H,20,22)/t15-/m1/s1. The van der Waals surface area contributed by atoms with Crippen molar-refractivity contribution in [2.24, 2.45) is 0 Å². The summed E-state index contributed by atoms with van der Waals surface area (Å²) in [6.45, 7) is 0.130. The van der Waals surface area contributed by atoms with Crippen LogP contribution in [0.1, 0.15) is 0 Å². The fourth-order valence-corrected chi connectivity index (χ4v) is 3.64. The lowest BCUT2D eigenvalue weighted by Gasteiger charge is -2.27. The first-order valence-electron chi connectivity index (χ1n) is 8.21. The number of anilines is 1. The summed E-state index contributed by atoms with van der Waals surface area (Å²) in [6.07, 6.45) is 0.678. The van der Waals surface area contributed by atoms with E-state index in [1.807, 2.05) is 12.1 Å². The van der Waals surface area contributed by atoms with E-state index in [9.17, 15) is 13.2 Å². The van der Waals surface area contributed by atoms with Crippen LogP contribution in [0.2, 0.25) is 5.02 Å². The molecule has 0 aromatic heterocycles. The van der Waals surface area contributed by atoms with Crippen molar-refractivity contribution in [3.63, 3.8) is 0 Å². The highest BCUT2D eigenvalue weighted by Gasteiger charge is 2.24. The van der Waals surface area contributed by atoms with Crippen LogP contribution in [0.25, 0.3) is 0 Å². The van der Waals surface area contributed by atoms with Gasteiger partial charge >= 0.3 is 0 Å². The average Bonchev–Trinajstić information content (AvgIpc) is 2.63. The highest BCUT2D eigenvalue weighted by molar-refractivity contribution is 7.92. The molecule has 1 N–H and O–H groups in total. The minimum Gasteiger partial charge on any atom is -0.486 e. The Labute approximate surface area is 162 Å². The van der Waals surface area contributed by atoms with Gasteiger partial charge in [0.15, 0.2) is 11.5 Å². The van der Waals surface area contributed by atoms with Gasteiger partial charge in [0.05, 0.1) is 18.5 Å². The largest absolute Gasteiger partial charge is 0.486 e. The van der Waals surface area contributed by atoms with Crippen LogP contribution in [-0.4, -0.2) is 46.4 Å². The molecule has 3 rings (SSSR count). The van der Waals surface area contributed by atoms with Crippen molar-refractivity contribution in [3.8, 4) is 11.5 Å². The number of halogens is 1. The molecule has 1 heterocycles. The second-order valence-electron chi connectivity index (χ2n) is 6.05. The second kappa shape index (κ2) is 8.06. The van der Waals surface area contributed by atoms with E-state index in [0.717, 1.165) is 10.6 Å². The number of rotatable bonds is 6. The SMILES string of the molecule is CS(=O)(=O)N(CC(=O)NC[C@@H]1COc2ccccc2O1)c1cccc(Cl)c1. The first kappa shape index (κ1) is 19.3. The molecule has 1 aliphatic heterocycles. The molecule has 2 aromatic rings. The molecule has 1 amide bonds. The number of nitrogens with one attached hydrogen (secondary N) is 1. The van der Waals surface area contributed by atoms with E-state index < -0.39 is 15.9 Å². The average molecular weight is 411 g/mol. The van der Waals surface area contributed by atoms with Crippen molar-refractivity contribution in [1.29, 1.82) is 0 Å². The highest BCUT2D eigenvalue weighted by atomic mass is 35.5. The Bertz CT molecular complexity index is 935. The van der Waals surface area contributed by atoms with Crippen molar-refractivity contribution < 1.29 is 22.7 Å². The van der Waals surface area contributed by atoms with Crippen molar-refractivity contribution in [3.05, 3.63) is 53.6 Å². The Hall–Kier alpha value is -2.45. The zero-order chi connectivity index (χ0) is 19.4. The molecule has 0 radical (unpaired) electrons. The molecule has 0 saturated heterocycles. The Morgan fingerprint density at radius 2 is 1.96 bits per heavy atom. The molecule has 9 heteroatoms. The number of para-hydroxylation sites is 2. The second-order valence-corrected chi connectivity index (χ2v) is 8.39. The predicted octanol–water partition coefficient (Wildman–Crippen LogP) is 2.06. The number of amides is 1. The Balaban J connectivity index is 1.60. The quantitative estimate of drug-likeness (QED) is 0.787. The molecule has 0 unspecified atom stereocenters. The van der Waals surface area contributed by atoms with Crippen molar-refractivity contribution in [1.82, 2.24) is 5.32 Å². The summed E-state index contributed by atoms with van der Waals surface area (Å²) in [5.41, 5.74) is 0.325. The van der Waals surface area contributed by atoms with E-state index in [1.165, 1.54) is 6.07 Å². The van der Waals surface area contributed by atoms with Gasteiger partial charge in [-0.25, -0.2) is 8.42 Å². The summed E-state index contributed by atoms with van der Waals surface area (Å²) in [6, 6.07) is 13.6. The number of hydrogen-bond donors (Lipinski definition) is 1. The van der Waals surface area contributed by atoms with Gasteiger partial charge in [-0.3, -0.25) is 9.10 Å². The van der Waals surface area contributed by atoms with Gasteiger partial charge in [0.1, 0.15) is 19.3 Å². The fourth-order valence-electron chi connectivity index (χ4n) is 2.61. The third-order valence-electron chi connectivity index (χ3n) is 3.88. The van der Waals surface area contributed by atoms with Crippen LogP contribution in [-0.2, 0) is 14.8 Å². The molecular formula is C18H19ClN2O5S. The Kier molecular flexibility index (Phi) is 5.76. The number of nitrogens with zero attached hydrogens (tertiary/aromatic N) is 1. The summed E-state index contributed by atoms with van der Waals surface area (Å²) in [7, 11) is -3.66. The van der Waals surface area contributed by atoms with Gasteiger partial charge in [0.2, 0.25) is 15.9 Å². The van der Waals surface area contributed by atoms with E-state index in [4.69, 9.17) is 21.1 Å². The van der Waals surface area contributed by atoms with Gasteiger partial charge in [0.25, 0.3) is 0 Å². The number of fused-ring (bicyclic) bond motifs is 1. The van der Waals surface area contributed by atoms with Crippen molar-refractivity contribution in [2.75, 3.05) is 30.3 Å². The summed E-state index contributed by atoms with van der Waals surface area (Å²) < 4.78 is 36.5. The Morgan fingerprint density at radius 3 is 2.67 bits per heavy atom. The Morgan fingerprint density at radius 1 is 1.22 bits per heavy atom. The maximum atomic E-state index is 12.3. The lowest BCUT2D eigenvalue weighted by molar-refractivity contribution is -0.120. The lowest BCUT2D eigenvalue weighted by atomic mass is 10.2.